The molecule has 182 valence electrons. The zero-order valence-electron chi connectivity index (χ0n) is 20.0. The minimum atomic E-state index is -0.239. The molecule has 2 fully saturated rings. The summed E-state index contributed by atoms with van der Waals surface area (Å²) in [5.41, 5.74) is 3.54. The molecule has 2 aromatic carbocycles. The first-order chi connectivity index (χ1) is 17.0. The van der Waals surface area contributed by atoms with Gasteiger partial charge in [0.2, 0.25) is 5.95 Å². The lowest BCUT2D eigenvalue weighted by Crippen LogP contribution is -2.44. The van der Waals surface area contributed by atoms with Crippen LogP contribution in [0.1, 0.15) is 10.4 Å². The number of carbonyl (C=O) groups excluding carboxylic acids is 1. The predicted octanol–water partition coefficient (Wildman–Crippen LogP) is 2.59. The van der Waals surface area contributed by atoms with Gasteiger partial charge in [0.05, 0.1) is 38.1 Å². The smallest absolute Gasteiger partial charge is 0.251 e. The summed E-state index contributed by atoms with van der Waals surface area (Å²) in [7, 11) is 5.62. The van der Waals surface area contributed by atoms with Crippen LogP contribution in [0.25, 0.3) is 11.3 Å². The highest BCUT2D eigenvalue weighted by molar-refractivity contribution is 5.94. The SMILES string of the molecule is COc1ccc(C(=O)N[C@H]2CO[C@H]3[C@@H]2OC[C@@H]3Nc2nccc(-c3ccc(N(C)C)cc3)n2)cc1. The third-order valence-corrected chi connectivity index (χ3v) is 6.37. The lowest BCUT2D eigenvalue weighted by atomic mass is 10.1. The number of hydrogen-bond donors (Lipinski definition) is 2. The highest BCUT2D eigenvalue weighted by atomic mass is 16.6. The number of benzene rings is 2. The fourth-order valence-electron chi connectivity index (χ4n) is 4.43. The number of aromatic nitrogens is 2. The molecule has 1 amide bonds. The molecule has 2 aliphatic heterocycles. The van der Waals surface area contributed by atoms with Crippen LogP contribution in [0, 0.1) is 0 Å². The van der Waals surface area contributed by atoms with E-state index < -0.39 is 0 Å². The van der Waals surface area contributed by atoms with Crippen molar-refractivity contribution in [2.75, 3.05) is 44.6 Å². The first-order valence-corrected chi connectivity index (χ1v) is 11.6. The van der Waals surface area contributed by atoms with E-state index in [9.17, 15) is 4.79 Å². The van der Waals surface area contributed by atoms with Crippen molar-refractivity contribution in [2.24, 2.45) is 0 Å². The van der Waals surface area contributed by atoms with E-state index in [1.165, 1.54) is 0 Å². The van der Waals surface area contributed by atoms with Crippen LogP contribution in [-0.4, -0.2) is 74.6 Å². The molecular weight excluding hydrogens is 446 g/mol. The van der Waals surface area contributed by atoms with E-state index in [4.69, 9.17) is 14.2 Å². The van der Waals surface area contributed by atoms with Crippen LogP contribution in [0.15, 0.2) is 60.8 Å². The minimum absolute atomic E-state index is 0.116. The number of nitrogens with one attached hydrogen (secondary N) is 2. The van der Waals surface area contributed by atoms with E-state index in [0.29, 0.717) is 30.5 Å². The van der Waals surface area contributed by atoms with Gasteiger partial charge in [0.1, 0.15) is 18.0 Å². The van der Waals surface area contributed by atoms with Crippen molar-refractivity contribution in [1.82, 2.24) is 15.3 Å². The second kappa shape index (κ2) is 9.89. The third-order valence-electron chi connectivity index (χ3n) is 6.37. The molecule has 2 aliphatic rings. The van der Waals surface area contributed by atoms with Crippen LogP contribution < -0.4 is 20.3 Å². The Labute approximate surface area is 204 Å². The van der Waals surface area contributed by atoms with Gasteiger partial charge in [0.25, 0.3) is 5.91 Å². The maximum absolute atomic E-state index is 12.7. The van der Waals surface area contributed by atoms with Gasteiger partial charge in [-0.15, -0.1) is 0 Å². The molecule has 35 heavy (non-hydrogen) atoms. The first-order valence-electron chi connectivity index (χ1n) is 11.6. The number of methoxy groups -OCH3 is 1. The van der Waals surface area contributed by atoms with Crippen LogP contribution in [0.2, 0.25) is 0 Å². The van der Waals surface area contributed by atoms with Gasteiger partial charge in [0, 0.05) is 37.1 Å². The first kappa shape index (κ1) is 23.1. The van der Waals surface area contributed by atoms with Gasteiger partial charge < -0.3 is 29.7 Å². The van der Waals surface area contributed by atoms with Gasteiger partial charge in [-0.1, -0.05) is 12.1 Å². The Morgan fingerprint density at radius 3 is 2.34 bits per heavy atom. The van der Waals surface area contributed by atoms with Crippen LogP contribution >= 0.6 is 0 Å². The molecule has 0 aliphatic carbocycles. The summed E-state index contributed by atoms with van der Waals surface area (Å²) in [5.74, 6) is 1.05. The third kappa shape index (κ3) is 4.91. The van der Waals surface area contributed by atoms with Gasteiger partial charge in [-0.2, -0.15) is 0 Å². The van der Waals surface area contributed by atoms with Gasteiger partial charge in [0.15, 0.2) is 0 Å². The Hall–Kier alpha value is -3.69. The molecule has 0 radical (unpaired) electrons. The Morgan fingerprint density at radius 1 is 0.971 bits per heavy atom. The highest BCUT2D eigenvalue weighted by Crippen LogP contribution is 2.29. The van der Waals surface area contributed by atoms with Crippen molar-refractivity contribution in [2.45, 2.75) is 24.3 Å². The average molecular weight is 476 g/mol. The maximum atomic E-state index is 12.7. The Morgan fingerprint density at radius 2 is 1.66 bits per heavy atom. The quantitative estimate of drug-likeness (QED) is 0.538. The second-order valence-corrected chi connectivity index (χ2v) is 8.86. The summed E-state index contributed by atoms with van der Waals surface area (Å²) >= 11 is 0. The standard InChI is InChI=1S/C26H29N5O4/c1-31(2)18-8-4-16(5-9-18)20-12-13-27-26(29-20)30-22-15-35-23-21(14-34-24(22)23)28-25(32)17-6-10-19(33-3)11-7-17/h4-13,21-24H,14-15H2,1-3H3,(H,28,32)(H,27,29,30)/t21-,22-,23+,24+/m0/s1. The Bertz CT molecular complexity index is 1170. The number of carbonyl (C=O) groups is 1. The van der Waals surface area contributed by atoms with E-state index >= 15 is 0 Å². The largest absolute Gasteiger partial charge is 0.497 e. The number of anilines is 2. The lowest BCUT2D eigenvalue weighted by molar-refractivity contribution is 0.0652. The van der Waals surface area contributed by atoms with Gasteiger partial charge in [-0.25, -0.2) is 9.97 Å². The topological polar surface area (TPSA) is 97.8 Å². The summed E-state index contributed by atoms with van der Waals surface area (Å²) in [5, 5.41) is 6.40. The summed E-state index contributed by atoms with van der Waals surface area (Å²) < 4.78 is 17.2. The predicted molar refractivity (Wildman–Crippen MR) is 133 cm³/mol. The zero-order chi connectivity index (χ0) is 24.4. The Kier molecular flexibility index (Phi) is 6.52. The maximum Gasteiger partial charge on any atom is 0.251 e. The summed E-state index contributed by atoms with van der Waals surface area (Å²) in [6.07, 6.45) is 1.30. The van der Waals surface area contributed by atoms with Crippen molar-refractivity contribution in [1.29, 1.82) is 0 Å². The fourth-order valence-corrected chi connectivity index (χ4v) is 4.43. The second-order valence-electron chi connectivity index (χ2n) is 8.86. The molecule has 0 unspecified atom stereocenters. The van der Waals surface area contributed by atoms with Gasteiger partial charge in [-0.3, -0.25) is 4.79 Å². The lowest BCUT2D eigenvalue weighted by Gasteiger charge is -2.18. The monoisotopic (exact) mass is 475 g/mol. The van der Waals surface area contributed by atoms with Crippen molar-refractivity contribution in [3.05, 3.63) is 66.4 Å². The minimum Gasteiger partial charge on any atom is -0.497 e. The Balaban J connectivity index is 1.21. The molecular formula is C26H29N5O4. The normalized spacial score (nSPS) is 22.9. The molecule has 0 spiro atoms. The number of hydrogen-bond acceptors (Lipinski definition) is 8. The summed E-state index contributed by atoms with van der Waals surface area (Å²) in [6.45, 7) is 0.823. The molecule has 2 N–H and O–H groups in total. The molecule has 0 saturated carbocycles. The molecule has 5 rings (SSSR count). The van der Waals surface area contributed by atoms with Crippen molar-refractivity contribution in [3.8, 4) is 17.0 Å². The van der Waals surface area contributed by atoms with Crippen molar-refractivity contribution in [3.63, 3.8) is 0 Å². The average Bonchev–Trinajstić information content (AvgIpc) is 3.47. The van der Waals surface area contributed by atoms with Crippen molar-refractivity contribution < 1.29 is 19.0 Å². The summed E-state index contributed by atoms with van der Waals surface area (Å²) in [6, 6.07) is 16.8. The zero-order valence-corrected chi connectivity index (χ0v) is 20.0. The number of rotatable bonds is 7. The molecule has 3 aromatic rings. The van der Waals surface area contributed by atoms with E-state index in [1.807, 2.05) is 32.3 Å². The van der Waals surface area contributed by atoms with Crippen molar-refractivity contribution >= 4 is 17.5 Å². The fraction of sp³-hybridized carbons (Fsp3) is 0.346. The molecule has 0 bridgehead atoms. The van der Waals surface area contributed by atoms with E-state index in [-0.39, 0.29) is 30.2 Å². The van der Waals surface area contributed by atoms with E-state index in [2.05, 4.69) is 37.6 Å². The molecule has 9 nitrogen and oxygen atoms in total. The highest BCUT2D eigenvalue weighted by Gasteiger charge is 2.48. The van der Waals surface area contributed by atoms with Crippen LogP contribution in [0.4, 0.5) is 11.6 Å². The molecule has 3 heterocycles. The molecule has 1 aromatic heterocycles. The van der Waals surface area contributed by atoms with Gasteiger partial charge >= 0.3 is 0 Å². The van der Waals surface area contributed by atoms with Crippen LogP contribution in [-0.2, 0) is 9.47 Å². The number of nitrogens with zero attached hydrogens (tertiary/aromatic N) is 3. The number of ether oxygens (including phenoxy) is 3. The molecule has 4 atom stereocenters. The van der Waals surface area contributed by atoms with E-state index in [1.54, 1.807) is 37.6 Å². The number of amides is 1. The van der Waals surface area contributed by atoms with Gasteiger partial charge in [-0.05, 0) is 42.5 Å². The summed E-state index contributed by atoms with van der Waals surface area (Å²) in [4.78, 5) is 23.8. The van der Waals surface area contributed by atoms with E-state index in [0.717, 1.165) is 16.9 Å². The van der Waals surface area contributed by atoms with Crippen LogP contribution in [0.5, 0.6) is 5.75 Å². The molecule has 9 heteroatoms. The number of fused-ring (bicyclic) bond motifs is 1. The van der Waals surface area contributed by atoms with Crippen LogP contribution in [0.3, 0.4) is 0 Å². The molecule has 2 saturated heterocycles.